The first kappa shape index (κ1) is 13.1. The molecule has 1 aromatic carbocycles. The topological polar surface area (TPSA) is 46.6 Å². The van der Waals surface area contributed by atoms with Crippen molar-refractivity contribution in [3.8, 4) is 0 Å². The predicted octanol–water partition coefficient (Wildman–Crippen LogP) is 1.22. The summed E-state index contributed by atoms with van der Waals surface area (Å²) in [6.07, 6.45) is 0.0785. The molecule has 0 aliphatic carbocycles. The number of β-lactam (4-membered cyclic amide) rings is 1. The number of halogens is 1. The lowest BCUT2D eigenvalue weighted by Crippen LogP contribution is -2.66. The number of hydrogen-bond acceptors (Lipinski definition) is 3. The molecule has 1 heterocycles. The molecule has 0 bridgehead atoms. The molecule has 5 heteroatoms. The summed E-state index contributed by atoms with van der Waals surface area (Å²) < 4.78 is 5.49. The molecule has 2 rings (SSSR count). The van der Waals surface area contributed by atoms with Crippen LogP contribution in [0.3, 0.4) is 0 Å². The molecular weight excluding hydrogens is 254 g/mol. The van der Waals surface area contributed by atoms with Gasteiger partial charge in [-0.25, -0.2) is 0 Å². The van der Waals surface area contributed by atoms with Gasteiger partial charge in [-0.3, -0.25) is 4.79 Å². The summed E-state index contributed by atoms with van der Waals surface area (Å²) in [5.41, 5.74) is 0.978. The molecule has 1 aromatic rings. The third-order valence-corrected chi connectivity index (χ3v) is 3.10. The maximum Gasteiger partial charge on any atom is 0.255 e. The largest absolute Gasteiger partial charge is 0.361 e. The summed E-state index contributed by atoms with van der Waals surface area (Å²) in [5, 5.41) is 0. The summed E-state index contributed by atoms with van der Waals surface area (Å²) in [5.74, 6) is 0.158. The van der Waals surface area contributed by atoms with Crippen LogP contribution in [0.5, 0.6) is 0 Å². The molecule has 1 aliphatic rings. The number of amides is 1. The molecule has 0 N–H and O–H groups in total. The first-order valence-electron chi connectivity index (χ1n) is 5.75. The summed E-state index contributed by atoms with van der Waals surface area (Å²) in [7, 11) is 0. The molecule has 0 spiro atoms. The van der Waals surface area contributed by atoms with Crippen LogP contribution in [0.2, 0.25) is 0 Å². The molecule has 1 fully saturated rings. The van der Waals surface area contributed by atoms with Gasteiger partial charge in [-0.2, -0.15) is 0 Å². The van der Waals surface area contributed by atoms with Gasteiger partial charge in [-0.05, 0) is 5.56 Å². The lowest BCUT2D eigenvalue weighted by Gasteiger charge is -2.43. The molecule has 0 saturated carbocycles. The van der Waals surface area contributed by atoms with Crippen molar-refractivity contribution in [2.75, 3.05) is 12.4 Å². The Balaban J connectivity index is 1.90. The minimum absolute atomic E-state index is 0.163. The minimum atomic E-state index is -0.661. The second-order valence-electron chi connectivity index (χ2n) is 4.06. The molecule has 1 aliphatic heterocycles. The minimum Gasteiger partial charge on any atom is -0.361 e. The lowest BCUT2D eigenvalue weighted by molar-refractivity contribution is -0.175. The van der Waals surface area contributed by atoms with E-state index in [2.05, 4.69) is 0 Å². The van der Waals surface area contributed by atoms with Gasteiger partial charge in [0.15, 0.2) is 6.10 Å². The molecule has 18 heavy (non-hydrogen) atoms. The molecule has 96 valence electrons. The van der Waals surface area contributed by atoms with Gasteiger partial charge in [0.25, 0.3) is 5.91 Å². The Kier molecular flexibility index (Phi) is 4.33. The number of hydrogen-bond donors (Lipinski definition) is 0. The van der Waals surface area contributed by atoms with Gasteiger partial charge in [0.1, 0.15) is 12.3 Å². The summed E-state index contributed by atoms with van der Waals surface area (Å²) >= 11 is 5.57. The number of ether oxygens (including phenoxy) is 1. The number of alkyl halides is 1. The molecule has 0 radical (unpaired) electrons. The quantitative estimate of drug-likeness (QED) is 0.442. The van der Waals surface area contributed by atoms with Crippen molar-refractivity contribution in [2.45, 2.75) is 18.8 Å². The fourth-order valence-electron chi connectivity index (χ4n) is 1.96. The van der Waals surface area contributed by atoms with Crippen molar-refractivity contribution >= 4 is 23.8 Å². The van der Waals surface area contributed by atoms with Crippen LogP contribution in [0, 0.1) is 0 Å². The summed E-state index contributed by atoms with van der Waals surface area (Å²) in [6.45, 7) is 0.714. The first-order chi connectivity index (χ1) is 8.77. The fourth-order valence-corrected chi connectivity index (χ4v) is 2.15. The van der Waals surface area contributed by atoms with Crippen LogP contribution in [0.25, 0.3) is 0 Å². The van der Waals surface area contributed by atoms with Crippen molar-refractivity contribution in [2.24, 2.45) is 0 Å². The van der Waals surface area contributed by atoms with Gasteiger partial charge in [0.05, 0.1) is 6.61 Å². The van der Waals surface area contributed by atoms with E-state index in [-0.39, 0.29) is 5.91 Å². The third kappa shape index (κ3) is 2.54. The fraction of sp³-hybridized carbons (Fsp3) is 0.385. The Morgan fingerprint density at radius 1 is 1.33 bits per heavy atom. The van der Waals surface area contributed by atoms with Crippen molar-refractivity contribution in [1.82, 2.24) is 4.90 Å². The van der Waals surface area contributed by atoms with E-state index in [9.17, 15) is 9.59 Å². The number of likely N-dealkylation sites (tertiary alicyclic amines) is 1. The number of nitrogens with zero attached hydrogens (tertiary/aromatic N) is 1. The van der Waals surface area contributed by atoms with Gasteiger partial charge in [-0.15, -0.1) is 11.6 Å². The Morgan fingerprint density at radius 2 is 2.06 bits per heavy atom. The maximum absolute atomic E-state index is 11.7. The van der Waals surface area contributed by atoms with Crippen LogP contribution in [0.15, 0.2) is 30.3 Å². The van der Waals surface area contributed by atoms with E-state index in [1.54, 1.807) is 0 Å². The third-order valence-electron chi connectivity index (χ3n) is 2.93. The van der Waals surface area contributed by atoms with Gasteiger partial charge < -0.3 is 14.4 Å². The van der Waals surface area contributed by atoms with Crippen molar-refractivity contribution in [3.05, 3.63) is 35.9 Å². The smallest absolute Gasteiger partial charge is 0.255 e. The van der Waals surface area contributed by atoms with E-state index < -0.39 is 12.1 Å². The standard InChI is InChI=1S/C13H14ClNO3/c14-6-7-15-11(8-16)12(13(15)17)18-9-10-4-2-1-3-5-10/h1-5,8,11-12H,6-7,9H2/t11-,12+/m0/s1. The second kappa shape index (κ2) is 5.98. The van der Waals surface area contributed by atoms with Gasteiger partial charge >= 0.3 is 0 Å². The van der Waals surface area contributed by atoms with Crippen LogP contribution < -0.4 is 0 Å². The molecule has 0 aromatic heterocycles. The highest BCUT2D eigenvalue weighted by Gasteiger charge is 2.47. The zero-order valence-corrected chi connectivity index (χ0v) is 10.5. The van der Waals surface area contributed by atoms with Crippen LogP contribution in [0.4, 0.5) is 0 Å². The van der Waals surface area contributed by atoms with Gasteiger partial charge in [-0.1, -0.05) is 30.3 Å². The van der Waals surface area contributed by atoms with Crippen LogP contribution in [0.1, 0.15) is 5.56 Å². The van der Waals surface area contributed by atoms with E-state index in [1.807, 2.05) is 30.3 Å². The summed E-state index contributed by atoms with van der Waals surface area (Å²) in [4.78, 5) is 24.1. The van der Waals surface area contributed by atoms with Crippen LogP contribution in [-0.2, 0) is 20.9 Å². The average Bonchev–Trinajstić information content (AvgIpc) is 2.42. The van der Waals surface area contributed by atoms with Gasteiger partial charge in [0.2, 0.25) is 0 Å². The maximum atomic E-state index is 11.7. The van der Waals surface area contributed by atoms with Crippen molar-refractivity contribution < 1.29 is 14.3 Å². The van der Waals surface area contributed by atoms with Crippen LogP contribution >= 0.6 is 11.6 Å². The van der Waals surface area contributed by atoms with Gasteiger partial charge in [0, 0.05) is 12.4 Å². The zero-order chi connectivity index (χ0) is 13.0. The highest BCUT2D eigenvalue weighted by molar-refractivity contribution is 6.18. The average molecular weight is 268 g/mol. The monoisotopic (exact) mass is 267 g/mol. The molecule has 2 atom stereocenters. The lowest BCUT2D eigenvalue weighted by atomic mass is 9.99. The first-order valence-corrected chi connectivity index (χ1v) is 6.28. The molecule has 1 saturated heterocycles. The molecular formula is C13H14ClNO3. The second-order valence-corrected chi connectivity index (χ2v) is 4.44. The van der Waals surface area contributed by atoms with E-state index in [0.29, 0.717) is 19.0 Å². The summed E-state index contributed by atoms with van der Waals surface area (Å²) in [6, 6.07) is 9.04. The zero-order valence-electron chi connectivity index (χ0n) is 9.79. The Bertz CT molecular complexity index is 424. The normalized spacial score (nSPS) is 22.7. The number of carbonyl (C=O) groups excluding carboxylic acids is 2. The number of aldehydes is 1. The van der Waals surface area contributed by atoms with E-state index in [4.69, 9.17) is 16.3 Å². The highest BCUT2D eigenvalue weighted by atomic mass is 35.5. The molecule has 0 unspecified atom stereocenters. The van der Waals surface area contributed by atoms with Crippen molar-refractivity contribution in [3.63, 3.8) is 0 Å². The molecule has 1 amide bonds. The Labute approximate surface area is 110 Å². The van der Waals surface area contributed by atoms with E-state index >= 15 is 0 Å². The SMILES string of the molecule is O=C[C@H]1[C@@H](OCc2ccccc2)C(=O)N1CCCl. The van der Waals surface area contributed by atoms with E-state index in [1.165, 1.54) is 4.90 Å². The highest BCUT2D eigenvalue weighted by Crippen LogP contribution is 2.22. The predicted molar refractivity (Wildman–Crippen MR) is 67.3 cm³/mol. The molecule has 4 nitrogen and oxygen atoms in total. The van der Waals surface area contributed by atoms with Crippen molar-refractivity contribution in [1.29, 1.82) is 0 Å². The Hall–Kier alpha value is -1.39. The number of benzene rings is 1. The number of carbonyl (C=O) groups is 2. The Morgan fingerprint density at radius 3 is 2.67 bits per heavy atom. The van der Waals surface area contributed by atoms with E-state index in [0.717, 1.165) is 11.8 Å². The van der Waals surface area contributed by atoms with Crippen LogP contribution in [-0.4, -0.2) is 41.7 Å². The number of rotatable bonds is 6.